The molecule has 0 aliphatic rings. The number of benzene rings is 2. The molecule has 0 aliphatic carbocycles. The Kier molecular flexibility index (Phi) is 4.32. The zero-order valence-corrected chi connectivity index (χ0v) is 11.9. The lowest BCUT2D eigenvalue weighted by molar-refractivity contribution is 0.177. The number of hydrogen-bond acceptors (Lipinski definition) is 1. The molecule has 0 spiro atoms. The van der Waals surface area contributed by atoms with Gasteiger partial charge < -0.3 is 5.11 Å². The summed E-state index contributed by atoms with van der Waals surface area (Å²) in [7, 11) is 0. The summed E-state index contributed by atoms with van der Waals surface area (Å²) in [6.45, 7) is 1.78. The van der Waals surface area contributed by atoms with E-state index < -0.39 is 11.9 Å². The standard InChI is InChI=1S/C15H13BrF2O/c1-9-6-11(17)3-2-10(9)7-15(19)13-8-12(18)4-5-14(13)16/h2-6,8,15,19H,7H2,1H3. The first-order chi connectivity index (χ1) is 8.97. The van der Waals surface area contributed by atoms with Crippen LogP contribution < -0.4 is 0 Å². The zero-order chi connectivity index (χ0) is 14.0. The average molecular weight is 327 g/mol. The molecule has 0 saturated heterocycles. The van der Waals surface area contributed by atoms with Crippen molar-refractivity contribution in [2.75, 3.05) is 0 Å². The maximum Gasteiger partial charge on any atom is 0.123 e. The molecular formula is C15H13BrF2O. The normalized spacial score (nSPS) is 12.5. The average Bonchev–Trinajstić information content (AvgIpc) is 2.35. The number of aryl methyl sites for hydroxylation is 1. The number of hydrogen-bond donors (Lipinski definition) is 1. The van der Waals surface area contributed by atoms with Crippen LogP contribution in [0.15, 0.2) is 40.9 Å². The van der Waals surface area contributed by atoms with E-state index >= 15 is 0 Å². The van der Waals surface area contributed by atoms with Gasteiger partial charge in [0.05, 0.1) is 6.10 Å². The van der Waals surface area contributed by atoms with Crippen LogP contribution in [0.1, 0.15) is 22.8 Å². The van der Waals surface area contributed by atoms with E-state index in [1.807, 2.05) is 0 Å². The molecule has 0 amide bonds. The van der Waals surface area contributed by atoms with Crippen LogP contribution in [-0.4, -0.2) is 5.11 Å². The Labute approximate surface area is 119 Å². The van der Waals surface area contributed by atoms with Crippen molar-refractivity contribution in [2.45, 2.75) is 19.4 Å². The third-order valence-electron chi connectivity index (χ3n) is 3.03. The minimum atomic E-state index is -0.839. The van der Waals surface area contributed by atoms with Gasteiger partial charge in [0, 0.05) is 10.9 Å². The second-order valence-corrected chi connectivity index (χ2v) is 5.31. The molecule has 0 heterocycles. The summed E-state index contributed by atoms with van der Waals surface area (Å²) >= 11 is 3.29. The largest absolute Gasteiger partial charge is 0.388 e. The molecule has 1 unspecified atom stereocenters. The first-order valence-corrected chi connectivity index (χ1v) is 6.64. The summed E-state index contributed by atoms with van der Waals surface area (Å²) in [5, 5.41) is 10.2. The lowest BCUT2D eigenvalue weighted by Gasteiger charge is -2.14. The van der Waals surface area contributed by atoms with E-state index in [9.17, 15) is 13.9 Å². The summed E-state index contributed by atoms with van der Waals surface area (Å²) < 4.78 is 26.9. The molecule has 1 atom stereocenters. The number of aliphatic hydroxyl groups is 1. The predicted octanol–water partition coefficient (Wildman–Crippen LogP) is 4.31. The van der Waals surface area contributed by atoms with Gasteiger partial charge >= 0.3 is 0 Å². The van der Waals surface area contributed by atoms with Gasteiger partial charge in [-0.1, -0.05) is 22.0 Å². The van der Waals surface area contributed by atoms with E-state index in [4.69, 9.17) is 0 Å². The fourth-order valence-electron chi connectivity index (χ4n) is 1.98. The molecule has 0 saturated carbocycles. The highest BCUT2D eigenvalue weighted by Gasteiger charge is 2.14. The van der Waals surface area contributed by atoms with Crippen molar-refractivity contribution in [3.8, 4) is 0 Å². The maximum absolute atomic E-state index is 13.2. The number of halogens is 3. The first-order valence-electron chi connectivity index (χ1n) is 5.85. The van der Waals surface area contributed by atoms with Gasteiger partial charge in [0.25, 0.3) is 0 Å². The molecule has 0 aliphatic heterocycles. The lowest BCUT2D eigenvalue weighted by Crippen LogP contribution is -2.05. The third-order valence-corrected chi connectivity index (χ3v) is 3.76. The van der Waals surface area contributed by atoms with Crippen LogP contribution in [0, 0.1) is 18.6 Å². The Balaban J connectivity index is 2.25. The van der Waals surface area contributed by atoms with Gasteiger partial charge in [0.1, 0.15) is 11.6 Å². The maximum atomic E-state index is 13.2. The van der Waals surface area contributed by atoms with Crippen LogP contribution >= 0.6 is 15.9 Å². The molecule has 0 radical (unpaired) electrons. The molecule has 2 rings (SSSR count). The number of aliphatic hydroxyl groups excluding tert-OH is 1. The smallest absolute Gasteiger partial charge is 0.123 e. The zero-order valence-electron chi connectivity index (χ0n) is 10.3. The van der Waals surface area contributed by atoms with E-state index in [0.717, 1.165) is 11.1 Å². The van der Waals surface area contributed by atoms with E-state index in [1.165, 1.54) is 24.3 Å². The molecule has 4 heteroatoms. The molecule has 19 heavy (non-hydrogen) atoms. The van der Waals surface area contributed by atoms with Gasteiger partial charge in [0.15, 0.2) is 0 Å². The van der Waals surface area contributed by atoms with Crippen LogP contribution in [0.5, 0.6) is 0 Å². The van der Waals surface area contributed by atoms with E-state index in [-0.39, 0.29) is 5.82 Å². The van der Waals surface area contributed by atoms with Gasteiger partial charge in [-0.15, -0.1) is 0 Å². The van der Waals surface area contributed by atoms with Crippen molar-refractivity contribution >= 4 is 15.9 Å². The van der Waals surface area contributed by atoms with Gasteiger partial charge in [0.2, 0.25) is 0 Å². The van der Waals surface area contributed by atoms with Crippen LogP contribution in [0.4, 0.5) is 8.78 Å². The van der Waals surface area contributed by atoms with Gasteiger partial charge in [-0.05, 0) is 53.9 Å². The van der Waals surface area contributed by atoms with Crippen molar-refractivity contribution in [1.29, 1.82) is 0 Å². The summed E-state index contributed by atoms with van der Waals surface area (Å²) in [4.78, 5) is 0. The van der Waals surface area contributed by atoms with Crippen molar-refractivity contribution in [1.82, 2.24) is 0 Å². The fraction of sp³-hybridized carbons (Fsp3) is 0.200. The highest BCUT2D eigenvalue weighted by Crippen LogP contribution is 2.27. The highest BCUT2D eigenvalue weighted by atomic mass is 79.9. The first kappa shape index (κ1) is 14.2. The van der Waals surface area contributed by atoms with Crippen molar-refractivity contribution in [3.05, 3.63) is 69.2 Å². The molecule has 1 nitrogen and oxygen atoms in total. The Hall–Kier alpha value is -1.26. The summed E-state index contributed by atoms with van der Waals surface area (Å²) in [6, 6.07) is 8.60. The molecule has 0 bridgehead atoms. The highest BCUT2D eigenvalue weighted by molar-refractivity contribution is 9.10. The third kappa shape index (κ3) is 3.39. The summed E-state index contributed by atoms with van der Waals surface area (Å²) in [5.41, 5.74) is 2.10. The molecule has 1 N–H and O–H groups in total. The quantitative estimate of drug-likeness (QED) is 0.891. The van der Waals surface area contributed by atoms with Crippen LogP contribution in [0.25, 0.3) is 0 Å². The topological polar surface area (TPSA) is 20.2 Å². The van der Waals surface area contributed by atoms with Crippen molar-refractivity contribution in [3.63, 3.8) is 0 Å². The molecule has 100 valence electrons. The molecular weight excluding hydrogens is 314 g/mol. The fourth-order valence-corrected chi connectivity index (χ4v) is 2.49. The van der Waals surface area contributed by atoms with Crippen LogP contribution in [-0.2, 0) is 6.42 Å². The molecule has 2 aromatic carbocycles. The molecule has 0 aromatic heterocycles. The van der Waals surface area contributed by atoms with E-state index in [2.05, 4.69) is 15.9 Å². The Morgan fingerprint density at radius 1 is 1.11 bits per heavy atom. The summed E-state index contributed by atoms with van der Waals surface area (Å²) in [5.74, 6) is -0.698. The summed E-state index contributed by atoms with van der Waals surface area (Å²) in [6.07, 6.45) is -0.525. The minimum absolute atomic E-state index is 0.303. The second-order valence-electron chi connectivity index (χ2n) is 4.46. The number of rotatable bonds is 3. The predicted molar refractivity (Wildman–Crippen MR) is 73.9 cm³/mol. The van der Waals surface area contributed by atoms with E-state index in [0.29, 0.717) is 16.5 Å². The second kappa shape index (κ2) is 5.80. The Bertz CT molecular complexity index is 599. The van der Waals surface area contributed by atoms with Gasteiger partial charge in [-0.2, -0.15) is 0 Å². The van der Waals surface area contributed by atoms with Crippen molar-refractivity contribution in [2.24, 2.45) is 0 Å². The lowest BCUT2D eigenvalue weighted by atomic mass is 9.98. The molecule has 2 aromatic rings. The Morgan fingerprint density at radius 3 is 2.42 bits per heavy atom. The minimum Gasteiger partial charge on any atom is -0.388 e. The van der Waals surface area contributed by atoms with Gasteiger partial charge in [-0.3, -0.25) is 0 Å². The van der Waals surface area contributed by atoms with Gasteiger partial charge in [-0.25, -0.2) is 8.78 Å². The SMILES string of the molecule is Cc1cc(F)ccc1CC(O)c1cc(F)ccc1Br. The van der Waals surface area contributed by atoms with Crippen LogP contribution in [0.3, 0.4) is 0 Å². The van der Waals surface area contributed by atoms with Crippen molar-refractivity contribution < 1.29 is 13.9 Å². The Morgan fingerprint density at radius 2 is 1.74 bits per heavy atom. The van der Waals surface area contributed by atoms with Crippen LogP contribution in [0.2, 0.25) is 0 Å². The van der Waals surface area contributed by atoms with E-state index in [1.54, 1.807) is 19.1 Å². The molecule has 0 fully saturated rings. The monoisotopic (exact) mass is 326 g/mol.